The molecule has 3 heteroatoms. The summed E-state index contributed by atoms with van der Waals surface area (Å²) in [6.07, 6.45) is 7.87. The van der Waals surface area contributed by atoms with Crippen LogP contribution in [0.4, 0.5) is 0 Å². The molecule has 1 heterocycles. The van der Waals surface area contributed by atoms with E-state index in [-0.39, 0.29) is 17.4 Å². The SMILES string of the molecule is CC1N=C(C23CC4CC(C)(CC(C)(C4)C2)C3)NC1=O. The highest BCUT2D eigenvalue weighted by atomic mass is 16.2. The van der Waals surface area contributed by atoms with Crippen molar-refractivity contribution >= 4 is 11.7 Å². The van der Waals surface area contributed by atoms with Gasteiger partial charge in [-0.3, -0.25) is 9.79 Å². The van der Waals surface area contributed by atoms with Crippen LogP contribution in [0.1, 0.15) is 59.3 Å². The maximum atomic E-state index is 11.8. The topological polar surface area (TPSA) is 41.5 Å². The molecule has 4 saturated carbocycles. The Hall–Kier alpha value is -0.860. The van der Waals surface area contributed by atoms with Gasteiger partial charge < -0.3 is 5.32 Å². The average molecular weight is 260 g/mol. The summed E-state index contributed by atoms with van der Waals surface area (Å²) in [6, 6.07) is -0.177. The van der Waals surface area contributed by atoms with Gasteiger partial charge in [-0.15, -0.1) is 0 Å². The molecule has 4 fully saturated rings. The molecule has 4 aliphatic carbocycles. The Labute approximate surface area is 115 Å². The van der Waals surface area contributed by atoms with Gasteiger partial charge in [0.15, 0.2) is 0 Å². The lowest BCUT2D eigenvalue weighted by molar-refractivity contribution is -0.122. The second-order valence-corrected chi connectivity index (χ2v) is 8.55. The van der Waals surface area contributed by atoms with Crippen molar-refractivity contribution in [2.45, 2.75) is 65.3 Å². The standard InChI is InChI=1S/C16H24N2O/c1-10-12(19)18-13(17-10)16-6-11-4-14(2,8-16)7-15(3,5-11)9-16/h10-11H,4-9H2,1-3H3,(H,17,18,19). The molecule has 0 spiro atoms. The van der Waals surface area contributed by atoms with Gasteiger partial charge in [0.2, 0.25) is 5.91 Å². The number of hydrogen-bond acceptors (Lipinski definition) is 2. The molecule has 19 heavy (non-hydrogen) atoms. The molecule has 0 aromatic carbocycles. The third kappa shape index (κ3) is 1.56. The number of amides is 1. The first-order valence-corrected chi connectivity index (χ1v) is 7.71. The van der Waals surface area contributed by atoms with Gasteiger partial charge in [-0.1, -0.05) is 13.8 Å². The Morgan fingerprint density at radius 1 is 1.11 bits per heavy atom. The summed E-state index contributed by atoms with van der Waals surface area (Å²) in [5.41, 5.74) is 1.14. The molecule has 4 bridgehead atoms. The zero-order chi connectivity index (χ0) is 13.5. The van der Waals surface area contributed by atoms with E-state index < -0.39 is 0 Å². The van der Waals surface area contributed by atoms with E-state index >= 15 is 0 Å². The van der Waals surface area contributed by atoms with E-state index in [1.165, 1.54) is 38.5 Å². The van der Waals surface area contributed by atoms with E-state index in [4.69, 9.17) is 0 Å². The zero-order valence-corrected chi connectivity index (χ0v) is 12.3. The fourth-order valence-corrected chi connectivity index (χ4v) is 6.49. The lowest BCUT2D eigenvalue weighted by Crippen LogP contribution is -2.59. The Morgan fingerprint density at radius 2 is 1.74 bits per heavy atom. The summed E-state index contributed by atoms with van der Waals surface area (Å²) in [4.78, 5) is 16.5. The summed E-state index contributed by atoms with van der Waals surface area (Å²) in [6.45, 7) is 6.84. The van der Waals surface area contributed by atoms with Crippen LogP contribution in [0.5, 0.6) is 0 Å². The van der Waals surface area contributed by atoms with Crippen molar-refractivity contribution in [1.82, 2.24) is 5.32 Å². The predicted molar refractivity (Wildman–Crippen MR) is 74.9 cm³/mol. The molecule has 1 aliphatic heterocycles. The minimum Gasteiger partial charge on any atom is -0.312 e. The van der Waals surface area contributed by atoms with Gasteiger partial charge in [0.1, 0.15) is 11.9 Å². The van der Waals surface area contributed by atoms with Crippen LogP contribution in [0.15, 0.2) is 4.99 Å². The number of amidine groups is 1. The molecule has 3 unspecified atom stereocenters. The molecule has 3 atom stereocenters. The monoisotopic (exact) mass is 260 g/mol. The summed E-state index contributed by atoms with van der Waals surface area (Å²) in [5.74, 6) is 1.98. The molecular weight excluding hydrogens is 236 g/mol. The van der Waals surface area contributed by atoms with Crippen LogP contribution in [0.2, 0.25) is 0 Å². The molecule has 0 saturated heterocycles. The molecule has 0 aromatic heterocycles. The first kappa shape index (κ1) is 11.9. The minimum atomic E-state index is -0.177. The highest BCUT2D eigenvalue weighted by Crippen LogP contribution is 2.69. The Balaban J connectivity index is 1.76. The molecule has 0 radical (unpaired) electrons. The van der Waals surface area contributed by atoms with Crippen molar-refractivity contribution in [2.24, 2.45) is 27.2 Å². The van der Waals surface area contributed by atoms with Crippen molar-refractivity contribution in [3.05, 3.63) is 0 Å². The van der Waals surface area contributed by atoms with Gasteiger partial charge in [-0.2, -0.15) is 0 Å². The van der Waals surface area contributed by atoms with Gasteiger partial charge in [-0.25, -0.2) is 0 Å². The van der Waals surface area contributed by atoms with Crippen molar-refractivity contribution in [1.29, 1.82) is 0 Å². The number of aliphatic imine (C=N–C) groups is 1. The Morgan fingerprint density at radius 3 is 2.21 bits per heavy atom. The summed E-state index contributed by atoms with van der Waals surface area (Å²) in [7, 11) is 0. The van der Waals surface area contributed by atoms with Crippen LogP contribution in [-0.2, 0) is 4.79 Å². The van der Waals surface area contributed by atoms with Gasteiger partial charge in [-0.05, 0) is 62.2 Å². The smallest absolute Gasteiger partial charge is 0.249 e. The van der Waals surface area contributed by atoms with E-state index in [1.54, 1.807) is 0 Å². The van der Waals surface area contributed by atoms with E-state index in [0.29, 0.717) is 10.8 Å². The zero-order valence-electron chi connectivity index (χ0n) is 12.3. The Kier molecular flexibility index (Phi) is 2.03. The van der Waals surface area contributed by atoms with Gasteiger partial charge >= 0.3 is 0 Å². The largest absolute Gasteiger partial charge is 0.312 e. The van der Waals surface area contributed by atoms with Crippen LogP contribution in [0.3, 0.4) is 0 Å². The number of nitrogens with zero attached hydrogens (tertiary/aromatic N) is 1. The Bertz CT molecular complexity index is 477. The lowest BCUT2D eigenvalue weighted by Gasteiger charge is -2.65. The number of carbonyl (C=O) groups excluding carboxylic acids is 1. The molecule has 104 valence electrons. The molecule has 1 amide bonds. The highest BCUT2D eigenvalue weighted by molar-refractivity contribution is 6.08. The fraction of sp³-hybridized carbons (Fsp3) is 0.875. The second-order valence-electron chi connectivity index (χ2n) is 8.55. The number of carbonyl (C=O) groups is 1. The van der Waals surface area contributed by atoms with E-state index in [0.717, 1.165) is 11.8 Å². The third-order valence-corrected chi connectivity index (χ3v) is 6.07. The van der Waals surface area contributed by atoms with Crippen molar-refractivity contribution < 1.29 is 4.79 Å². The third-order valence-electron chi connectivity index (χ3n) is 6.07. The number of nitrogens with one attached hydrogen (secondary N) is 1. The van der Waals surface area contributed by atoms with Gasteiger partial charge in [0, 0.05) is 5.41 Å². The first-order valence-electron chi connectivity index (χ1n) is 7.71. The summed E-state index contributed by atoms with van der Waals surface area (Å²) < 4.78 is 0. The minimum absolute atomic E-state index is 0.0982. The molecule has 1 N–H and O–H groups in total. The first-order chi connectivity index (χ1) is 8.82. The molecule has 3 nitrogen and oxygen atoms in total. The average Bonchev–Trinajstić information content (AvgIpc) is 2.54. The molecule has 5 aliphatic rings. The number of hydrogen-bond donors (Lipinski definition) is 1. The van der Waals surface area contributed by atoms with Crippen molar-refractivity contribution in [2.75, 3.05) is 0 Å². The summed E-state index contributed by atoms with van der Waals surface area (Å²) >= 11 is 0. The predicted octanol–water partition coefficient (Wildman–Crippen LogP) is 2.90. The van der Waals surface area contributed by atoms with Crippen LogP contribution in [0, 0.1) is 22.2 Å². The number of rotatable bonds is 1. The van der Waals surface area contributed by atoms with Crippen LogP contribution in [-0.4, -0.2) is 17.8 Å². The van der Waals surface area contributed by atoms with E-state index in [2.05, 4.69) is 24.2 Å². The van der Waals surface area contributed by atoms with Gasteiger partial charge in [0.05, 0.1) is 0 Å². The summed E-state index contributed by atoms with van der Waals surface area (Å²) in [5, 5.41) is 3.11. The molecule has 0 aromatic rings. The maximum absolute atomic E-state index is 11.8. The maximum Gasteiger partial charge on any atom is 0.249 e. The molecule has 5 rings (SSSR count). The van der Waals surface area contributed by atoms with Crippen LogP contribution in [0.25, 0.3) is 0 Å². The van der Waals surface area contributed by atoms with Crippen molar-refractivity contribution in [3.63, 3.8) is 0 Å². The molecular formula is C16H24N2O. The quantitative estimate of drug-likeness (QED) is 0.774. The normalized spacial score (nSPS) is 55.3. The van der Waals surface area contributed by atoms with E-state index in [1.807, 2.05) is 6.92 Å². The lowest BCUT2D eigenvalue weighted by atomic mass is 9.40. The van der Waals surface area contributed by atoms with E-state index in [9.17, 15) is 4.79 Å². The fourth-order valence-electron chi connectivity index (χ4n) is 6.49. The van der Waals surface area contributed by atoms with Crippen LogP contribution < -0.4 is 5.32 Å². The second kappa shape index (κ2) is 3.24. The van der Waals surface area contributed by atoms with Gasteiger partial charge in [0.25, 0.3) is 0 Å². The van der Waals surface area contributed by atoms with Crippen LogP contribution >= 0.6 is 0 Å². The highest BCUT2D eigenvalue weighted by Gasteiger charge is 2.62. The van der Waals surface area contributed by atoms with Crippen molar-refractivity contribution in [3.8, 4) is 0 Å².